The molecule has 0 aromatic heterocycles. The van der Waals surface area contributed by atoms with Crippen molar-refractivity contribution in [2.45, 2.75) is 51.6 Å². The molecule has 0 amide bonds. The number of hydrogen-bond donors (Lipinski definition) is 1. The van der Waals surface area contributed by atoms with Crippen LogP contribution < -0.4 is 10.1 Å². The van der Waals surface area contributed by atoms with Crippen LogP contribution in [0.25, 0.3) is 0 Å². The largest absolute Gasteiger partial charge is 0.494 e. The molecule has 1 aliphatic carbocycles. The maximum atomic E-state index is 13.7. The number of benzene rings is 1. The molecule has 19 heavy (non-hydrogen) atoms. The molecular formula is C16H24FNO. The monoisotopic (exact) mass is 265 g/mol. The summed E-state index contributed by atoms with van der Waals surface area (Å²) < 4.78 is 18.6. The zero-order chi connectivity index (χ0) is 13.8. The molecule has 0 radical (unpaired) electrons. The average Bonchev–Trinajstić information content (AvgIpc) is 2.92. The Morgan fingerprint density at radius 1 is 1.26 bits per heavy atom. The summed E-state index contributed by atoms with van der Waals surface area (Å²) in [5.41, 5.74) is 0.975. The lowest BCUT2D eigenvalue weighted by Crippen LogP contribution is -2.34. The van der Waals surface area contributed by atoms with E-state index < -0.39 is 0 Å². The Morgan fingerprint density at radius 2 is 1.95 bits per heavy atom. The highest BCUT2D eigenvalue weighted by atomic mass is 19.1. The Kier molecular flexibility index (Phi) is 4.81. The van der Waals surface area contributed by atoms with E-state index in [2.05, 4.69) is 19.2 Å². The maximum absolute atomic E-state index is 13.7. The van der Waals surface area contributed by atoms with E-state index in [9.17, 15) is 4.39 Å². The number of halogens is 1. The highest BCUT2D eigenvalue weighted by Gasteiger charge is 2.23. The van der Waals surface area contributed by atoms with Gasteiger partial charge in [0.05, 0.1) is 7.11 Å². The van der Waals surface area contributed by atoms with Crippen molar-refractivity contribution in [2.24, 2.45) is 5.92 Å². The SMILES string of the molecule is COc1ccc(C(C)N[C@@H](C)C2CCCC2)cc1F. The lowest BCUT2D eigenvalue weighted by Gasteiger charge is -2.25. The summed E-state index contributed by atoms with van der Waals surface area (Å²) in [5, 5.41) is 3.60. The molecule has 3 heteroatoms. The average molecular weight is 265 g/mol. The van der Waals surface area contributed by atoms with Gasteiger partial charge in [-0.3, -0.25) is 0 Å². The second kappa shape index (κ2) is 6.38. The quantitative estimate of drug-likeness (QED) is 0.866. The van der Waals surface area contributed by atoms with E-state index in [4.69, 9.17) is 4.74 Å². The third kappa shape index (κ3) is 3.47. The second-order valence-electron chi connectivity index (χ2n) is 5.62. The second-order valence-corrected chi connectivity index (χ2v) is 5.62. The van der Waals surface area contributed by atoms with Crippen LogP contribution in [-0.4, -0.2) is 13.2 Å². The molecule has 0 saturated heterocycles. The summed E-state index contributed by atoms with van der Waals surface area (Å²) in [6.07, 6.45) is 5.33. The normalized spacial score (nSPS) is 19.4. The van der Waals surface area contributed by atoms with Gasteiger partial charge in [0.1, 0.15) is 0 Å². The van der Waals surface area contributed by atoms with Crippen LogP contribution in [0.5, 0.6) is 5.75 Å². The van der Waals surface area contributed by atoms with Crippen molar-refractivity contribution in [2.75, 3.05) is 7.11 Å². The fourth-order valence-electron chi connectivity index (χ4n) is 3.04. The van der Waals surface area contributed by atoms with Crippen molar-refractivity contribution in [3.8, 4) is 5.75 Å². The van der Waals surface area contributed by atoms with Gasteiger partial charge in [-0.1, -0.05) is 18.9 Å². The van der Waals surface area contributed by atoms with Gasteiger partial charge in [0.15, 0.2) is 11.6 Å². The standard InChI is InChI=1S/C16H24FNO/c1-11(13-6-4-5-7-13)18-12(2)14-8-9-16(19-3)15(17)10-14/h8-13,18H,4-7H2,1-3H3/t11-,12?/m0/s1. The summed E-state index contributed by atoms with van der Waals surface area (Å²) in [5.74, 6) is 0.785. The van der Waals surface area contributed by atoms with Gasteiger partial charge in [-0.25, -0.2) is 4.39 Å². The third-order valence-corrected chi connectivity index (χ3v) is 4.30. The molecule has 0 aliphatic heterocycles. The molecule has 2 atom stereocenters. The summed E-state index contributed by atoms with van der Waals surface area (Å²) in [7, 11) is 1.49. The van der Waals surface area contributed by atoms with Crippen molar-refractivity contribution in [1.82, 2.24) is 5.32 Å². The minimum atomic E-state index is -0.290. The summed E-state index contributed by atoms with van der Waals surface area (Å²) >= 11 is 0. The van der Waals surface area contributed by atoms with E-state index in [0.717, 1.165) is 11.5 Å². The van der Waals surface area contributed by atoms with Crippen molar-refractivity contribution < 1.29 is 9.13 Å². The molecule has 2 rings (SSSR count). The molecule has 1 aromatic rings. The fourth-order valence-corrected chi connectivity index (χ4v) is 3.04. The number of nitrogens with one attached hydrogen (secondary N) is 1. The first-order valence-electron chi connectivity index (χ1n) is 7.21. The predicted octanol–water partition coefficient (Wildman–Crippen LogP) is 4.06. The van der Waals surface area contributed by atoms with Crippen LogP contribution in [-0.2, 0) is 0 Å². The topological polar surface area (TPSA) is 21.3 Å². The molecule has 1 aromatic carbocycles. The maximum Gasteiger partial charge on any atom is 0.165 e. The van der Waals surface area contributed by atoms with Crippen molar-refractivity contribution in [3.63, 3.8) is 0 Å². The minimum absolute atomic E-state index is 0.163. The zero-order valence-electron chi connectivity index (χ0n) is 12.1. The highest BCUT2D eigenvalue weighted by molar-refractivity contribution is 5.30. The number of rotatable bonds is 5. The van der Waals surface area contributed by atoms with Crippen molar-refractivity contribution in [3.05, 3.63) is 29.6 Å². The van der Waals surface area contributed by atoms with E-state index in [-0.39, 0.29) is 11.9 Å². The summed E-state index contributed by atoms with van der Waals surface area (Å²) in [6, 6.07) is 5.85. The first kappa shape index (κ1) is 14.3. The predicted molar refractivity (Wildman–Crippen MR) is 75.9 cm³/mol. The smallest absolute Gasteiger partial charge is 0.165 e. The molecule has 1 unspecified atom stereocenters. The van der Waals surface area contributed by atoms with E-state index >= 15 is 0 Å². The van der Waals surface area contributed by atoms with Gasteiger partial charge in [-0.2, -0.15) is 0 Å². The lowest BCUT2D eigenvalue weighted by molar-refractivity contribution is 0.351. The molecule has 1 aliphatic rings. The Morgan fingerprint density at radius 3 is 2.53 bits per heavy atom. The van der Waals surface area contributed by atoms with Crippen LogP contribution in [0.3, 0.4) is 0 Å². The molecule has 1 saturated carbocycles. The highest BCUT2D eigenvalue weighted by Crippen LogP contribution is 2.29. The van der Waals surface area contributed by atoms with Gasteiger partial charge in [-0.15, -0.1) is 0 Å². The van der Waals surface area contributed by atoms with E-state index in [1.165, 1.54) is 32.8 Å². The van der Waals surface area contributed by atoms with Crippen LogP contribution in [0, 0.1) is 11.7 Å². The molecule has 2 nitrogen and oxygen atoms in total. The van der Waals surface area contributed by atoms with Gasteiger partial charge in [0.2, 0.25) is 0 Å². The molecule has 1 fully saturated rings. The molecular weight excluding hydrogens is 241 g/mol. The van der Waals surface area contributed by atoms with E-state index in [1.807, 2.05) is 6.07 Å². The Hall–Kier alpha value is -1.09. The molecule has 0 bridgehead atoms. The fraction of sp³-hybridized carbons (Fsp3) is 0.625. The summed E-state index contributed by atoms with van der Waals surface area (Å²) in [6.45, 7) is 4.33. The number of ether oxygens (including phenoxy) is 1. The van der Waals surface area contributed by atoms with Crippen LogP contribution >= 0.6 is 0 Å². The molecule has 106 valence electrons. The molecule has 0 spiro atoms. The van der Waals surface area contributed by atoms with Crippen LogP contribution in [0.15, 0.2) is 18.2 Å². The van der Waals surface area contributed by atoms with Gasteiger partial charge >= 0.3 is 0 Å². The Balaban J connectivity index is 1.98. The zero-order valence-corrected chi connectivity index (χ0v) is 12.1. The van der Waals surface area contributed by atoms with Crippen molar-refractivity contribution >= 4 is 0 Å². The van der Waals surface area contributed by atoms with Gasteiger partial charge in [-0.05, 0) is 50.3 Å². The first-order chi connectivity index (χ1) is 9.11. The van der Waals surface area contributed by atoms with E-state index in [1.54, 1.807) is 12.1 Å². The molecule has 1 N–H and O–H groups in total. The number of hydrogen-bond acceptors (Lipinski definition) is 2. The first-order valence-corrected chi connectivity index (χ1v) is 7.21. The van der Waals surface area contributed by atoms with Gasteiger partial charge in [0, 0.05) is 12.1 Å². The van der Waals surface area contributed by atoms with Crippen LogP contribution in [0.4, 0.5) is 4.39 Å². The van der Waals surface area contributed by atoms with Gasteiger partial charge in [0.25, 0.3) is 0 Å². The van der Waals surface area contributed by atoms with Crippen LogP contribution in [0.1, 0.15) is 51.1 Å². The van der Waals surface area contributed by atoms with E-state index in [0.29, 0.717) is 11.8 Å². The Bertz CT molecular complexity index is 415. The third-order valence-electron chi connectivity index (χ3n) is 4.30. The van der Waals surface area contributed by atoms with Gasteiger partial charge < -0.3 is 10.1 Å². The lowest BCUT2D eigenvalue weighted by atomic mass is 9.98. The summed E-state index contributed by atoms with van der Waals surface area (Å²) in [4.78, 5) is 0. The molecule has 0 heterocycles. The minimum Gasteiger partial charge on any atom is -0.494 e. The van der Waals surface area contributed by atoms with Crippen LogP contribution in [0.2, 0.25) is 0 Å². The number of methoxy groups -OCH3 is 1. The van der Waals surface area contributed by atoms with Crippen molar-refractivity contribution in [1.29, 1.82) is 0 Å². The Labute approximate surface area is 115 Å².